The minimum absolute atomic E-state index is 0.248. The van der Waals surface area contributed by atoms with E-state index in [1.807, 2.05) is 4.57 Å². The molecular formula is C10H12N4O. The molecule has 1 fully saturated rings. The Morgan fingerprint density at radius 2 is 2.33 bits per heavy atom. The molecule has 1 aliphatic carbocycles. The van der Waals surface area contributed by atoms with Crippen LogP contribution < -0.4 is 5.73 Å². The Morgan fingerprint density at radius 1 is 1.53 bits per heavy atom. The molecule has 5 nitrogen and oxygen atoms in total. The second kappa shape index (κ2) is 2.97. The van der Waals surface area contributed by atoms with Crippen molar-refractivity contribution >= 4 is 5.82 Å². The van der Waals surface area contributed by atoms with E-state index in [1.54, 1.807) is 0 Å². The number of hydrogen-bond donors (Lipinski definition) is 1. The number of nitrogen functional groups attached to an aromatic ring is 1. The fourth-order valence-corrected chi connectivity index (χ4v) is 2.11. The van der Waals surface area contributed by atoms with E-state index < -0.39 is 0 Å². The lowest BCUT2D eigenvalue weighted by atomic mass is 10.2. The molecular weight excluding hydrogens is 192 g/mol. The summed E-state index contributed by atoms with van der Waals surface area (Å²) in [7, 11) is 0. The number of fused-ring (bicyclic) bond motifs is 1. The lowest BCUT2D eigenvalue weighted by Gasteiger charge is -2.24. The first-order valence-corrected chi connectivity index (χ1v) is 5.16. The molecule has 1 atom stereocenters. The number of imidazole rings is 1. The zero-order valence-corrected chi connectivity index (χ0v) is 8.31. The van der Waals surface area contributed by atoms with Crippen molar-refractivity contribution in [2.45, 2.75) is 32.1 Å². The van der Waals surface area contributed by atoms with Crippen LogP contribution in [0.2, 0.25) is 0 Å². The fourth-order valence-electron chi connectivity index (χ4n) is 2.11. The summed E-state index contributed by atoms with van der Waals surface area (Å²) in [6, 6.07) is 2.10. The predicted molar refractivity (Wildman–Crippen MR) is 52.7 cm³/mol. The molecule has 1 unspecified atom stereocenters. The van der Waals surface area contributed by atoms with Crippen LogP contribution in [0, 0.1) is 17.2 Å². The molecule has 3 rings (SSSR count). The first-order chi connectivity index (χ1) is 7.29. The van der Waals surface area contributed by atoms with Crippen LogP contribution in [0.4, 0.5) is 5.82 Å². The van der Waals surface area contributed by atoms with Crippen LogP contribution >= 0.6 is 0 Å². The van der Waals surface area contributed by atoms with Crippen LogP contribution in [0.5, 0.6) is 0 Å². The molecule has 1 aromatic heterocycles. The van der Waals surface area contributed by atoms with Crippen LogP contribution in [-0.4, -0.2) is 15.7 Å². The molecule has 2 aliphatic rings. The van der Waals surface area contributed by atoms with Gasteiger partial charge in [-0.2, -0.15) is 5.26 Å². The van der Waals surface area contributed by atoms with Gasteiger partial charge in [0, 0.05) is 0 Å². The average Bonchev–Trinajstić information content (AvgIpc) is 3.01. The molecule has 0 amide bonds. The monoisotopic (exact) mass is 204 g/mol. The highest BCUT2D eigenvalue weighted by Gasteiger charge is 2.36. The number of rotatable bonds is 1. The molecule has 0 aromatic carbocycles. The molecule has 78 valence electrons. The quantitative estimate of drug-likeness (QED) is 0.728. The number of nitrogens with zero attached hydrogens (tertiary/aromatic N) is 3. The molecule has 1 aliphatic heterocycles. The highest BCUT2D eigenvalue weighted by Crippen LogP contribution is 2.37. The van der Waals surface area contributed by atoms with Gasteiger partial charge in [-0.05, 0) is 18.8 Å². The predicted octanol–water partition coefficient (Wildman–Crippen LogP) is 0.646. The maximum atomic E-state index is 8.97. The van der Waals surface area contributed by atoms with Gasteiger partial charge in [0.1, 0.15) is 18.5 Å². The van der Waals surface area contributed by atoms with Crippen molar-refractivity contribution in [1.29, 1.82) is 5.26 Å². The number of aromatic nitrogens is 2. The summed E-state index contributed by atoms with van der Waals surface area (Å²) in [4.78, 5) is 4.13. The smallest absolute Gasteiger partial charge is 0.164 e. The summed E-state index contributed by atoms with van der Waals surface area (Å²) in [6.45, 7) is 1.21. The van der Waals surface area contributed by atoms with Gasteiger partial charge in [-0.3, -0.25) is 0 Å². The number of ether oxygens (including phenoxy) is 1. The molecule has 1 saturated carbocycles. The highest BCUT2D eigenvalue weighted by atomic mass is 16.5. The van der Waals surface area contributed by atoms with Crippen molar-refractivity contribution in [2.24, 2.45) is 5.92 Å². The first kappa shape index (κ1) is 8.74. The Bertz CT molecular complexity index is 441. The number of nitrogens with two attached hydrogens (primary N) is 1. The Balaban J connectivity index is 1.96. The van der Waals surface area contributed by atoms with E-state index >= 15 is 0 Å². The van der Waals surface area contributed by atoms with Crippen molar-refractivity contribution in [3.05, 3.63) is 11.5 Å². The second-order valence-corrected chi connectivity index (χ2v) is 4.17. The summed E-state index contributed by atoms with van der Waals surface area (Å²) >= 11 is 0. The third kappa shape index (κ3) is 1.29. The van der Waals surface area contributed by atoms with E-state index in [-0.39, 0.29) is 6.10 Å². The maximum Gasteiger partial charge on any atom is 0.164 e. The lowest BCUT2D eigenvalue weighted by molar-refractivity contribution is -0.0114. The third-order valence-electron chi connectivity index (χ3n) is 3.12. The van der Waals surface area contributed by atoms with E-state index in [9.17, 15) is 0 Å². The molecule has 2 heterocycles. The van der Waals surface area contributed by atoms with Crippen LogP contribution in [0.25, 0.3) is 0 Å². The summed E-state index contributed by atoms with van der Waals surface area (Å²) in [5.74, 6) is 1.78. The van der Waals surface area contributed by atoms with E-state index in [2.05, 4.69) is 11.1 Å². The summed E-state index contributed by atoms with van der Waals surface area (Å²) in [6.07, 6.45) is 2.73. The van der Waals surface area contributed by atoms with Gasteiger partial charge in [0.2, 0.25) is 0 Å². The molecule has 1 aromatic rings. The number of hydrogen-bond acceptors (Lipinski definition) is 4. The standard InChI is InChI=1S/C10H12N4O/c11-3-7-10(12)13-9-5-15-8(4-14(7)9)6-1-2-6/h6,8H,1-2,4-5,12H2. The molecule has 0 spiro atoms. The zero-order valence-electron chi connectivity index (χ0n) is 8.31. The average molecular weight is 204 g/mol. The summed E-state index contributed by atoms with van der Waals surface area (Å²) < 4.78 is 7.60. The van der Waals surface area contributed by atoms with Gasteiger partial charge >= 0.3 is 0 Å². The van der Waals surface area contributed by atoms with Crippen LogP contribution in [-0.2, 0) is 17.9 Å². The second-order valence-electron chi connectivity index (χ2n) is 4.17. The normalized spacial score (nSPS) is 24.6. The maximum absolute atomic E-state index is 8.97. The Labute approximate surface area is 87.5 Å². The largest absolute Gasteiger partial charge is 0.381 e. The molecule has 2 N–H and O–H groups in total. The van der Waals surface area contributed by atoms with Gasteiger partial charge in [0.15, 0.2) is 11.5 Å². The summed E-state index contributed by atoms with van der Waals surface area (Å²) in [5.41, 5.74) is 6.14. The van der Waals surface area contributed by atoms with Gasteiger partial charge in [-0.25, -0.2) is 4.98 Å². The first-order valence-electron chi connectivity index (χ1n) is 5.16. The van der Waals surface area contributed by atoms with Crippen molar-refractivity contribution < 1.29 is 4.74 Å². The number of anilines is 1. The Morgan fingerprint density at radius 3 is 3.00 bits per heavy atom. The fraction of sp³-hybridized carbons (Fsp3) is 0.600. The third-order valence-corrected chi connectivity index (χ3v) is 3.12. The van der Waals surface area contributed by atoms with Crippen molar-refractivity contribution in [3.8, 4) is 6.07 Å². The SMILES string of the molecule is N#Cc1c(N)nc2n1CC(C1CC1)OC2. The van der Waals surface area contributed by atoms with Crippen LogP contribution in [0.3, 0.4) is 0 Å². The minimum Gasteiger partial charge on any atom is -0.381 e. The van der Waals surface area contributed by atoms with Crippen LogP contribution in [0.15, 0.2) is 0 Å². The Kier molecular flexibility index (Phi) is 1.73. The van der Waals surface area contributed by atoms with E-state index in [0.29, 0.717) is 24.0 Å². The van der Waals surface area contributed by atoms with Crippen LogP contribution in [0.1, 0.15) is 24.4 Å². The Hall–Kier alpha value is -1.54. The zero-order chi connectivity index (χ0) is 10.4. The molecule has 0 radical (unpaired) electrons. The lowest BCUT2D eigenvalue weighted by Crippen LogP contribution is -2.29. The molecule has 0 bridgehead atoms. The van der Waals surface area contributed by atoms with Gasteiger partial charge in [-0.1, -0.05) is 0 Å². The topological polar surface area (TPSA) is 76.9 Å². The molecule has 0 saturated heterocycles. The molecule has 5 heteroatoms. The highest BCUT2D eigenvalue weighted by molar-refractivity contribution is 5.45. The number of nitriles is 1. The minimum atomic E-state index is 0.248. The van der Waals surface area contributed by atoms with Gasteiger partial charge in [0.05, 0.1) is 12.6 Å². The van der Waals surface area contributed by atoms with E-state index in [4.69, 9.17) is 15.7 Å². The van der Waals surface area contributed by atoms with Gasteiger partial charge in [-0.15, -0.1) is 0 Å². The van der Waals surface area contributed by atoms with Crippen molar-refractivity contribution in [1.82, 2.24) is 9.55 Å². The van der Waals surface area contributed by atoms with Gasteiger partial charge < -0.3 is 15.0 Å². The molecule has 15 heavy (non-hydrogen) atoms. The van der Waals surface area contributed by atoms with Crippen molar-refractivity contribution in [2.75, 3.05) is 5.73 Å². The van der Waals surface area contributed by atoms with Crippen molar-refractivity contribution in [3.63, 3.8) is 0 Å². The van der Waals surface area contributed by atoms with Gasteiger partial charge in [0.25, 0.3) is 0 Å². The van der Waals surface area contributed by atoms with E-state index in [1.165, 1.54) is 12.8 Å². The van der Waals surface area contributed by atoms with E-state index in [0.717, 1.165) is 12.4 Å². The summed E-state index contributed by atoms with van der Waals surface area (Å²) in [5, 5.41) is 8.97.